The third-order valence-electron chi connectivity index (χ3n) is 4.69. The lowest BCUT2D eigenvalue weighted by atomic mass is 10.1. The molecule has 1 heterocycles. The van der Waals surface area contributed by atoms with Crippen molar-refractivity contribution in [3.05, 3.63) is 65.0 Å². The largest absolute Gasteiger partial charge is 0.482 e. The molecule has 0 saturated heterocycles. The molecule has 6 nitrogen and oxygen atoms in total. The fourth-order valence-corrected chi connectivity index (χ4v) is 4.04. The highest BCUT2D eigenvalue weighted by molar-refractivity contribution is 7.99. The number of carbonyl (C=O) groups excluding carboxylic acids is 1. The van der Waals surface area contributed by atoms with Crippen LogP contribution in [0.5, 0.6) is 5.75 Å². The van der Waals surface area contributed by atoms with Crippen molar-refractivity contribution in [3.63, 3.8) is 0 Å². The van der Waals surface area contributed by atoms with E-state index in [0.29, 0.717) is 11.7 Å². The first-order chi connectivity index (χ1) is 14.4. The Morgan fingerprint density at radius 3 is 2.60 bits per heavy atom. The average Bonchev–Trinajstić information content (AvgIpc) is 3.11. The lowest BCUT2D eigenvalue weighted by Crippen LogP contribution is -2.15. The van der Waals surface area contributed by atoms with Crippen LogP contribution in [0.1, 0.15) is 42.5 Å². The Kier molecular flexibility index (Phi) is 7.15. The maximum atomic E-state index is 12.3. The number of nitrogens with zero attached hydrogens (tertiary/aromatic N) is 3. The maximum Gasteiger partial charge on any atom is 0.234 e. The number of rotatable bonds is 8. The van der Waals surface area contributed by atoms with Crippen molar-refractivity contribution in [2.45, 2.75) is 52.4 Å². The van der Waals surface area contributed by atoms with E-state index >= 15 is 0 Å². The van der Waals surface area contributed by atoms with E-state index in [1.807, 2.05) is 68.7 Å². The molecule has 0 aliphatic rings. The van der Waals surface area contributed by atoms with E-state index in [0.717, 1.165) is 28.4 Å². The molecule has 0 radical (unpaired) electrons. The van der Waals surface area contributed by atoms with Crippen LogP contribution in [0.15, 0.2) is 47.6 Å². The fourth-order valence-electron chi connectivity index (χ4n) is 3.23. The maximum absolute atomic E-state index is 12.3. The van der Waals surface area contributed by atoms with Crippen LogP contribution in [0.2, 0.25) is 0 Å². The molecule has 1 unspecified atom stereocenters. The Balaban J connectivity index is 1.65. The summed E-state index contributed by atoms with van der Waals surface area (Å²) in [6.45, 7) is 10.8. The number of carbonyl (C=O) groups is 1. The third kappa shape index (κ3) is 5.42. The predicted octanol–water partition coefficient (Wildman–Crippen LogP) is 5.09. The molecule has 0 fully saturated rings. The van der Waals surface area contributed by atoms with Gasteiger partial charge in [0.05, 0.1) is 5.75 Å². The number of ether oxygens (including phenoxy) is 1. The molecule has 0 aliphatic heterocycles. The van der Waals surface area contributed by atoms with E-state index in [4.69, 9.17) is 4.74 Å². The van der Waals surface area contributed by atoms with Crippen molar-refractivity contribution in [2.24, 2.45) is 0 Å². The minimum atomic E-state index is -0.255. The number of aromatic nitrogens is 3. The summed E-state index contributed by atoms with van der Waals surface area (Å²) in [7, 11) is 0. The van der Waals surface area contributed by atoms with Crippen molar-refractivity contribution < 1.29 is 9.53 Å². The number of benzene rings is 2. The molecule has 0 spiro atoms. The van der Waals surface area contributed by atoms with Crippen LogP contribution >= 0.6 is 11.8 Å². The zero-order valence-corrected chi connectivity index (χ0v) is 18.9. The van der Waals surface area contributed by atoms with Crippen LogP contribution in [0, 0.1) is 20.8 Å². The van der Waals surface area contributed by atoms with Gasteiger partial charge in [0.25, 0.3) is 0 Å². The van der Waals surface area contributed by atoms with E-state index < -0.39 is 0 Å². The van der Waals surface area contributed by atoms with Crippen molar-refractivity contribution >= 4 is 23.4 Å². The summed E-state index contributed by atoms with van der Waals surface area (Å²) in [6.07, 6.45) is -0.255. The van der Waals surface area contributed by atoms with Crippen LogP contribution in [-0.2, 0) is 11.3 Å². The molecule has 0 aliphatic carbocycles. The first kappa shape index (κ1) is 21.9. The molecule has 3 aromatic rings. The summed E-state index contributed by atoms with van der Waals surface area (Å²) in [6, 6.07) is 13.9. The number of aryl methyl sites for hydroxylation is 3. The zero-order chi connectivity index (χ0) is 21.7. The van der Waals surface area contributed by atoms with Gasteiger partial charge in [0.1, 0.15) is 5.75 Å². The van der Waals surface area contributed by atoms with Gasteiger partial charge in [-0.15, -0.1) is 10.2 Å². The predicted molar refractivity (Wildman–Crippen MR) is 121 cm³/mol. The quantitative estimate of drug-likeness (QED) is 0.510. The fraction of sp³-hybridized carbons (Fsp3) is 0.348. The number of nitrogens with one attached hydrogen (secondary N) is 1. The second kappa shape index (κ2) is 9.80. The highest BCUT2D eigenvalue weighted by atomic mass is 32.2. The van der Waals surface area contributed by atoms with Crippen molar-refractivity contribution in [1.82, 2.24) is 14.8 Å². The highest BCUT2D eigenvalue weighted by Crippen LogP contribution is 2.27. The topological polar surface area (TPSA) is 69.0 Å². The molecule has 2 aromatic carbocycles. The smallest absolute Gasteiger partial charge is 0.234 e. The van der Waals surface area contributed by atoms with Gasteiger partial charge < -0.3 is 14.6 Å². The molecule has 1 amide bonds. The Hall–Kier alpha value is -2.80. The Morgan fingerprint density at radius 2 is 1.90 bits per heavy atom. The van der Waals surface area contributed by atoms with Gasteiger partial charge in [0, 0.05) is 12.2 Å². The number of hydrogen-bond acceptors (Lipinski definition) is 5. The van der Waals surface area contributed by atoms with Crippen LogP contribution in [0.25, 0.3) is 0 Å². The summed E-state index contributed by atoms with van der Waals surface area (Å²) >= 11 is 1.37. The Morgan fingerprint density at radius 1 is 1.13 bits per heavy atom. The molecule has 1 aromatic heterocycles. The van der Waals surface area contributed by atoms with Gasteiger partial charge in [-0.1, -0.05) is 41.6 Å². The van der Waals surface area contributed by atoms with Gasteiger partial charge in [-0.25, -0.2) is 0 Å². The normalized spacial score (nSPS) is 11.9. The first-order valence-corrected chi connectivity index (χ1v) is 11.0. The second-order valence-electron chi connectivity index (χ2n) is 7.32. The van der Waals surface area contributed by atoms with Crippen molar-refractivity contribution in [2.75, 3.05) is 11.1 Å². The molecule has 1 N–H and O–H groups in total. The van der Waals surface area contributed by atoms with Gasteiger partial charge in [-0.2, -0.15) is 0 Å². The molecule has 7 heteroatoms. The minimum absolute atomic E-state index is 0.0719. The summed E-state index contributed by atoms with van der Waals surface area (Å²) < 4.78 is 8.14. The van der Waals surface area contributed by atoms with Crippen LogP contribution in [0.3, 0.4) is 0 Å². The molecule has 30 heavy (non-hydrogen) atoms. The summed E-state index contributed by atoms with van der Waals surface area (Å²) in [5, 5.41) is 12.3. The number of thioether (sulfide) groups is 1. The van der Waals surface area contributed by atoms with E-state index in [1.54, 1.807) is 0 Å². The monoisotopic (exact) mass is 424 g/mol. The molecule has 3 rings (SSSR count). The van der Waals surface area contributed by atoms with Gasteiger partial charge in [-0.05, 0) is 63.9 Å². The third-order valence-corrected chi connectivity index (χ3v) is 5.66. The number of hydrogen-bond donors (Lipinski definition) is 1. The SMILES string of the molecule is CCn1c(SCC(=O)Nc2cccc(C)c2)nnc1C(C)Oc1ccc(C)cc1C. The molecule has 0 bridgehead atoms. The van der Waals surface area contributed by atoms with Crippen molar-refractivity contribution in [1.29, 1.82) is 0 Å². The first-order valence-electron chi connectivity index (χ1n) is 10.0. The standard InChI is InChI=1S/C23H28N4O2S/c1-6-27-22(18(5)29-20-11-10-16(3)12-17(20)4)25-26-23(27)30-14-21(28)24-19-9-7-8-15(2)13-19/h7-13,18H,6,14H2,1-5H3,(H,24,28). The summed E-state index contributed by atoms with van der Waals surface area (Å²) in [5.74, 6) is 1.78. The Labute approximate surface area is 182 Å². The second-order valence-corrected chi connectivity index (χ2v) is 8.26. The van der Waals surface area contributed by atoms with E-state index in [2.05, 4.69) is 28.5 Å². The van der Waals surface area contributed by atoms with Gasteiger partial charge >= 0.3 is 0 Å². The summed E-state index contributed by atoms with van der Waals surface area (Å²) in [4.78, 5) is 12.3. The molecular weight excluding hydrogens is 396 g/mol. The molecule has 0 saturated carbocycles. The average molecular weight is 425 g/mol. The lowest BCUT2D eigenvalue weighted by Gasteiger charge is -2.17. The number of amides is 1. The highest BCUT2D eigenvalue weighted by Gasteiger charge is 2.20. The molecular formula is C23H28N4O2S. The van der Waals surface area contributed by atoms with Gasteiger partial charge in [0.2, 0.25) is 5.91 Å². The molecule has 158 valence electrons. The van der Waals surface area contributed by atoms with E-state index in [9.17, 15) is 4.79 Å². The van der Waals surface area contributed by atoms with Crippen LogP contribution in [-0.4, -0.2) is 26.4 Å². The van der Waals surface area contributed by atoms with Gasteiger partial charge in [0.15, 0.2) is 17.1 Å². The summed E-state index contributed by atoms with van der Waals surface area (Å²) in [5.41, 5.74) is 4.20. The number of anilines is 1. The van der Waals surface area contributed by atoms with Crippen LogP contribution < -0.4 is 10.1 Å². The van der Waals surface area contributed by atoms with Gasteiger partial charge in [-0.3, -0.25) is 4.79 Å². The van der Waals surface area contributed by atoms with E-state index in [1.165, 1.54) is 17.3 Å². The minimum Gasteiger partial charge on any atom is -0.482 e. The van der Waals surface area contributed by atoms with Crippen molar-refractivity contribution in [3.8, 4) is 5.75 Å². The molecule has 1 atom stereocenters. The zero-order valence-electron chi connectivity index (χ0n) is 18.1. The van der Waals surface area contributed by atoms with Crippen LogP contribution in [0.4, 0.5) is 5.69 Å². The van der Waals surface area contributed by atoms with E-state index in [-0.39, 0.29) is 17.8 Å². The lowest BCUT2D eigenvalue weighted by molar-refractivity contribution is -0.113. The Bertz CT molecular complexity index is 1030.